The molecule has 134 valence electrons. The van der Waals surface area contributed by atoms with Crippen LogP contribution in [0.4, 0.5) is 5.69 Å². The molecule has 0 bridgehead atoms. The molecule has 0 atom stereocenters. The number of hydrogen-bond donors (Lipinski definition) is 2. The molecule has 2 aromatic heterocycles. The number of benzene rings is 1. The number of carbonyl (C=O) groups is 1. The van der Waals surface area contributed by atoms with E-state index in [-0.39, 0.29) is 17.0 Å². The van der Waals surface area contributed by atoms with Gasteiger partial charge >= 0.3 is 0 Å². The Bertz CT molecular complexity index is 1050. The first kappa shape index (κ1) is 16.5. The highest BCUT2D eigenvalue weighted by atomic mass is 16.2. The summed E-state index contributed by atoms with van der Waals surface area (Å²) >= 11 is 0. The molecule has 7 nitrogen and oxygen atoms in total. The van der Waals surface area contributed by atoms with E-state index in [0.717, 1.165) is 18.5 Å². The molecule has 1 fully saturated rings. The number of amides is 1. The number of aromatic nitrogens is 4. The number of rotatable bonds is 3. The second kappa shape index (κ2) is 5.79. The third-order valence-corrected chi connectivity index (χ3v) is 4.50. The first-order chi connectivity index (χ1) is 12.3. The summed E-state index contributed by atoms with van der Waals surface area (Å²) in [4.78, 5) is 31.2. The zero-order chi connectivity index (χ0) is 18.5. The zero-order valence-electron chi connectivity index (χ0n) is 15.0. The minimum atomic E-state index is -0.283. The Labute approximate surface area is 150 Å². The van der Waals surface area contributed by atoms with Crippen LogP contribution in [-0.4, -0.2) is 25.7 Å². The largest absolute Gasteiger partial charge is 0.321 e. The van der Waals surface area contributed by atoms with Gasteiger partial charge in [0.1, 0.15) is 0 Å². The summed E-state index contributed by atoms with van der Waals surface area (Å²) in [5, 5.41) is 7.81. The van der Waals surface area contributed by atoms with Crippen LogP contribution in [0.2, 0.25) is 0 Å². The van der Waals surface area contributed by atoms with Gasteiger partial charge in [-0.2, -0.15) is 5.10 Å². The summed E-state index contributed by atoms with van der Waals surface area (Å²) < 4.78 is 1.95. The van der Waals surface area contributed by atoms with Crippen molar-refractivity contribution in [1.82, 2.24) is 19.7 Å². The fourth-order valence-electron chi connectivity index (χ4n) is 3.06. The van der Waals surface area contributed by atoms with Crippen LogP contribution in [0.1, 0.15) is 55.7 Å². The van der Waals surface area contributed by atoms with Crippen LogP contribution in [0, 0.1) is 0 Å². The normalized spacial score (nSPS) is 14.6. The highest BCUT2D eigenvalue weighted by Gasteiger charge is 2.32. The lowest BCUT2D eigenvalue weighted by Gasteiger charge is -2.22. The van der Waals surface area contributed by atoms with Crippen LogP contribution >= 0.6 is 0 Å². The molecule has 3 aromatic rings. The zero-order valence-corrected chi connectivity index (χ0v) is 15.0. The maximum Gasteiger partial charge on any atom is 0.276 e. The van der Waals surface area contributed by atoms with E-state index in [0.29, 0.717) is 28.2 Å². The van der Waals surface area contributed by atoms with Gasteiger partial charge in [-0.25, -0.2) is 4.98 Å². The maximum absolute atomic E-state index is 12.7. The highest BCUT2D eigenvalue weighted by molar-refractivity contribution is 6.03. The van der Waals surface area contributed by atoms with Gasteiger partial charge in [0.2, 0.25) is 0 Å². The maximum atomic E-state index is 12.7. The number of nitrogens with one attached hydrogen (secondary N) is 2. The Balaban J connectivity index is 1.64. The predicted molar refractivity (Wildman–Crippen MR) is 99.5 cm³/mol. The second-order valence-corrected chi connectivity index (χ2v) is 7.73. The van der Waals surface area contributed by atoms with E-state index >= 15 is 0 Å². The van der Waals surface area contributed by atoms with Crippen molar-refractivity contribution in [2.24, 2.45) is 0 Å². The van der Waals surface area contributed by atoms with Crippen LogP contribution < -0.4 is 10.9 Å². The molecule has 0 unspecified atom stereocenters. The molecule has 4 rings (SSSR count). The quantitative estimate of drug-likeness (QED) is 0.758. The Kier molecular flexibility index (Phi) is 3.68. The van der Waals surface area contributed by atoms with Crippen LogP contribution in [0.15, 0.2) is 35.4 Å². The van der Waals surface area contributed by atoms with E-state index in [1.165, 1.54) is 6.33 Å². The Morgan fingerprint density at radius 1 is 1.27 bits per heavy atom. The SMILES string of the molecule is CC(C)(C)n1nc(C(=O)Nc2ccc3nc[nH]c(=O)c3c2)cc1C1CC1. The molecule has 1 aliphatic carbocycles. The molecule has 1 amide bonds. The number of aromatic amines is 1. The molecular formula is C19H21N5O2. The lowest BCUT2D eigenvalue weighted by atomic mass is 10.1. The topological polar surface area (TPSA) is 92.7 Å². The van der Waals surface area contributed by atoms with Gasteiger partial charge in [-0.15, -0.1) is 0 Å². The molecule has 1 aromatic carbocycles. The summed E-state index contributed by atoms with van der Waals surface area (Å²) in [6.45, 7) is 6.24. The Hall–Kier alpha value is -2.96. The van der Waals surface area contributed by atoms with E-state index in [4.69, 9.17) is 0 Å². The lowest BCUT2D eigenvalue weighted by Crippen LogP contribution is -2.25. The molecule has 1 aliphatic rings. The Morgan fingerprint density at radius 3 is 2.73 bits per heavy atom. The van der Waals surface area contributed by atoms with E-state index in [1.807, 2.05) is 10.7 Å². The van der Waals surface area contributed by atoms with Gasteiger partial charge < -0.3 is 10.3 Å². The van der Waals surface area contributed by atoms with Crippen molar-refractivity contribution in [2.45, 2.75) is 45.1 Å². The monoisotopic (exact) mass is 351 g/mol. The van der Waals surface area contributed by atoms with Gasteiger partial charge in [0, 0.05) is 17.3 Å². The molecule has 0 aliphatic heterocycles. The molecule has 7 heteroatoms. The van der Waals surface area contributed by atoms with Gasteiger partial charge in [-0.05, 0) is 57.9 Å². The highest BCUT2D eigenvalue weighted by Crippen LogP contribution is 2.41. The number of hydrogen-bond acceptors (Lipinski definition) is 4. The van der Waals surface area contributed by atoms with Crippen LogP contribution in [0.25, 0.3) is 10.9 Å². The molecule has 2 heterocycles. The summed E-state index contributed by atoms with van der Waals surface area (Å²) in [6.07, 6.45) is 3.65. The van der Waals surface area contributed by atoms with Gasteiger partial charge in [0.05, 0.1) is 22.8 Å². The number of H-pyrrole nitrogens is 1. The van der Waals surface area contributed by atoms with Gasteiger partial charge in [-0.1, -0.05) is 0 Å². The fourth-order valence-corrected chi connectivity index (χ4v) is 3.06. The van der Waals surface area contributed by atoms with Crippen molar-refractivity contribution in [3.05, 3.63) is 52.3 Å². The lowest BCUT2D eigenvalue weighted by molar-refractivity contribution is 0.102. The van der Waals surface area contributed by atoms with Crippen LogP contribution in [0.3, 0.4) is 0 Å². The van der Waals surface area contributed by atoms with E-state index in [1.54, 1.807) is 18.2 Å². The van der Waals surface area contributed by atoms with E-state index in [2.05, 4.69) is 41.2 Å². The third kappa shape index (κ3) is 3.00. The second-order valence-electron chi connectivity index (χ2n) is 7.73. The van der Waals surface area contributed by atoms with Crippen molar-refractivity contribution < 1.29 is 4.79 Å². The summed E-state index contributed by atoms with van der Waals surface area (Å²) in [6, 6.07) is 6.95. The van der Waals surface area contributed by atoms with Gasteiger partial charge in [0.15, 0.2) is 5.69 Å². The number of nitrogens with zero attached hydrogens (tertiary/aromatic N) is 3. The standard InChI is InChI=1S/C19H21N5O2/c1-19(2,3)24-16(11-4-5-11)9-15(23-24)18(26)22-12-6-7-14-13(8-12)17(25)21-10-20-14/h6-11H,4-5H2,1-3H3,(H,22,26)(H,20,21,25). The molecular weight excluding hydrogens is 330 g/mol. The molecule has 0 radical (unpaired) electrons. The smallest absolute Gasteiger partial charge is 0.276 e. The first-order valence-corrected chi connectivity index (χ1v) is 8.72. The fraction of sp³-hybridized carbons (Fsp3) is 0.368. The minimum Gasteiger partial charge on any atom is -0.321 e. The van der Waals surface area contributed by atoms with Gasteiger partial charge in [-0.3, -0.25) is 14.3 Å². The van der Waals surface area contributed by atoms with Crippen molar-refractivity contribution in [1.29, 1.82) is 0 Å². The van der Waals surface area contributed by atoms with Crippen molar-refractivity contribution in [2.75, 3.05) is 5.32 Å². The van der Waals surface area contributed by atoms with Gasteiger partial charge in [0.25, 0.3) is 11.5 Å². The molecule has 0 saturated heterocycles. The first-order valence-electron chi connectivity index (χ1n) is 8.72. The predicted octanol–water partition coefficient (Wildman–Crippen LogP) is 3.00. The molecule has 0 spiro atoms. The van der Waals surface area contributed by atoms with Crippen molar-refractivity contribution in [3.63, 3.8) is 0 Å². The summed E-state index contributed by atoms with van der Waals surface area (Å²) in [7, 11) is 0. The summed E-state index contributed by atoms with van der Waals surface area (Å²) in [5.74, 6) is 0.211. The van der Waals surface area contributed by atoms with E-state index in [9.17, 15) is 9.59 Å². The molecule has 26 heavy (non-hydrogen) atoms. The van der Waals surface area contributed by atoms with E-state index < -0.39 is 0 Å². The summed E-state index contributed by atoms with van der Waals surface area (Å²) in [5.41, 5.74) is 2.21. The number of fused-ring (bicyclic) bond motifs is 1. The van der Waals surface area contributed by atoms with Crippen molar-refractivity contribution in [3.8, 4) is 0 Å². The Morgan fingerprint density at radius 2 is 2.04 bits per heavy atom. The third-order valence-electron chi connectivity index (χ3n) is 4.50. The van der Waals surface area contributed by atoms with Crippen molar-refractivity contribution >= 4 is 22.5 Å². The average Bonchev–Trinajstić information content (AvgIpc) is 3.32. The average molecular weight is 351 g/mol. The number of carbonyl (C=O) groups excluding carboxylic acids is 1. The molecule has 1 saturated carbocycles. The minimum absolute atomic E-state index is 0.182. The number of anilines is 1. The van der Waals surface area contributed by atoms with Crippen LogP contribution in [-0.2, 0) is 5.54 Å². The van der Waals surface area contributed by atoms with Crippen LogP contribution in [0.5, 0.6) is 0 Å². The molecule has 2 N–H and O–H groups in total.